The van der Waals surface area contributed by atoms with Gasteiger partial charge in [0.25, 0.3) is 0 Å². The lowest BCUT2D eigenvalue weighted by Crippen LogP contribution is -2.26. The molecule has 4 aromatic rings. The lowest BCUT2D eigenvalue weighted by molar-refractivity contribution is 0.0735. The van der Waals surface area contributed by atoms with E-state index >= 15 is 0 Å². The first-order chi connectivity index (χ1) is 15.6. The van der Waals surface area contributed by atoms with E-state index in [2.05, 4.69) is 29.2 Å². The fourth-order valence-corrected chi connectivity index (χ4v) is 3.90. The van der Waals surface area contributed by atoms with Crippen molar-refractivity contribution in [3.05, 3.63) is 130 Å². The van der Waals surface area contributed by atoms with Crippen molar-refractivity contribution >= 4 is 23.3 Å². The quantitative estimate of drug-likeness (QED) is 0.227. The number of ether oxygens (including phenoxy) is 1. The summed E-state index contributed by atoms with van der Waals surface area (Å²) in [5, 5.41) is 0.555. The third-order valence-corrected chi connectivity index (χ3v) is 5.71. The van der Waals surface area contributed by atoms with Crippen LogP contribution in [0.25, 0.3) is 0 Å². The molecule has 0 saturated heterocycles. The summed E-state index contributed by atoms with van der Waals surface area (Å²) in [5.74, 6) is 0.0667. The van der Waals surface area contributed by atoms with Crippen molar-refractivity contribution in [2.24, 2.45) is 0 Å². The van der Waals surface area contributed by atoms with Gasteiger partial charge < -0.3 is 9.64 Å². The number of hydrogen-bond acceptors (Lipinski definition) is 3. The number of halogens is 1. The second kappa shape index (κ2) is 10.2. The summed E-state index contributed by atoms with van der Waals surface area (Å²) >= 11 is 6.82. The normalized spacial score (nSPS) is 10.6. The number of anilines is 1. The summed E-state index contributed by atoms with van der Waals surface area (Å²) in [7, 11) is 0. The molecule has 0 heterocycles. The average molecular weight is 442 g/mol. The van der Waals surface area contributed by atoms with Crippen molar-refractivity contribution in [3.8, 4) is 5.75 Å². The molecular weight excluding hydrogens is 418 g/mol. The number of hydrogen-bond donors (Lipinski definition) is 0. The van der Waals surface area contributed by atoms with Crippen molar-refractivity contribution in [1.29, 1.82) is 0 Å². The molecule has 32 heavy (non-hydrogen) atoms. The van der Waals surface area contributed by atoms with E-state index in [9.17, 15) is 4.79 Å². The van der Waals surface area contributed by atoms with Crippen LogP contribution in [0, 0.1) is 6.92 Å². The molecule has 160 valence electrons. The third kappa shape index (κ3) is 5.19. The minimum Gasteiger partial charge on any atom is -0.423 e. The van der Waals surface area contributed by atoms with Crippen LogP contribution in [0.1, 0.15) is 27.0 Å². The first kappa shape index (κ1) is 21.7. The lowest BCUT2D eigenvalue weighted by atomic mass is 10.1. The molecule has 0 atom stereocenters. The third-order valence-electron chi connectivity index (χ3n) is 5.23. The second-order valence-electron chi connectivity index (χ2n) is 7.62. The summed E-state index contributed by atoms with van der Waals surface area (Å²) in [6.45, 7) is 3.15. The first-order valence-corrected chi connectivity index (χ1v) is 10.9. The number of carbonyl (C=O) groups excluding carboxylic acids is 1. The number of para-hydroxylation sites is 1. The van der Waals surface area contributed by atoms with Crippen LogP contribution in [0.2, 0.25) is 5.02 Å². The van der Waals surface area contributed by atoms with E-state index in [1.165, 1.54) is 0 Å². The largest absolute Gasteiger partial charge is 0.423 e. The SMILES string of the molecule is Cc1ccc(C(=O)Oc2ccccc2)c(N(Cc2ccccc2)Cc2ccccc2)c1Cl. The molecule has 4 aromatic carbocycles. The van der Waals surface area contributed by atoms with Gasteiger partial charge in [-0.05, 0) is 41.8 Å². The van der Waals surface area contributed by atoms with Gasteiger partial charge in [-0.1, -0.05) is 96.5 Å². The Labute approximate surface area is 193 Å². The number of aryl methyl sites for hydroxylation is 1. The van der Waals surface area contributed by atoms with Crippen LogP contribution in [0.4, 0.5) is 5.69 Å². The zero-order valence-electron chi connectivity index (χ0n) is 17.9. The van der Waals surface area contributed by atoms with Crippen LogP contribution in [0.5, 0.6) is 5.75 Å². The van der Waals surface area contributed by atoms with Crippen molar-refractivity contribution < 1.29 is 9.53 Å². The number of benzene rings is 4. The van der Waals surface area contributed by atoms with Gasteiger partial charge in [-0.3, -0.25) is 0 Å². The Bertz CT molecular complexity index is 1140. The van der Waals surface area contributed by atoms with Crippen LogP contribution in [-0.4, -0.2) is 5.97 Å². The van der Waals surface area contributed by atoms with Crippen LogP contribution in [0.3, 0.4) is 0 Å². The fraction of sp³-hybridized carbons (Fsp3) is 0.107. The molecule has 0 radical (unpaired) electrons. The highest BCUT2D eigenvalue weighted by molar-refractivity contribution is 6.35. The zero-order chi connectivity index (χ0) is 22.3. The summed E-state index contributed by atoms with van der Waals surface area (Å²) in [6, 6.07) is 33.1. The molecule has 0 aliphatic heterocycles. The number of nitrogens with zero attached hydrogens (tertiary/aromatic N) is 1. The molecule has 0 amide bonds. The molecule has 0 saturated carbocycles. The van der Waals surface area contributed by atoms with Gasteiger partial charge in [-0.25, -0.2) is 4.79 Å². The maximum absolute atomic E-state index is 13.2. The van der Waals surface area contributed by atoms with Gasteiger partial charge >= 0.3 is 5.97 Å². The molecule has 0 spiro atoms. The second-order valence-corrected chi connectivity index (χ2v) is 8.00. The molecule has 4 heteroatoms. The zero-order valence-corrected chi connectivity index (χ0v) is 18.6. The molecule has 0 unspecified atom stereocenters. The predicted molar refractivity (Wildman–Crippen MR) is 130 cm³/mol. The lowest BCUT2D eigenvalue weighted by Gasteiger charge is -2.28. The maximum Gasteiger partial charge on any atom is 0.345 e. The van der Waals surface area contributed by atoms with Crippen LogP contribution >= 0.6 is 11.6 Å². The standard InChI is InChI=1S/C28H24ClNO2/c1-21-17-18-25(28(31)32-24-15-9-4-10-16-24)27(26(21)29)30(19-22-11-5-2-6-12-22)20-23-13-7-3-8-14-23/h2-18H,19-20H2,1H3. The monoisotopic (exact) mass is 441 g/mol. The summed E-state index contributed by atoms with van der Waals surface area (Å²) in [4.78, 5) is 15.3. The molecule has 4 rings (SSSR count). The summed E-state index contributed by atoms with van der Waals surface area (Å²) < 4.78 is 5.66. The molecule has 0 aromatic heterocycles. The van der Waals surface area contributed by atoms with Crippen molar-refractivity contribution in [1.82, 2.24) is 0 Å². The topological polar surface area (TPSA) is 29.5 Å². The van der Waals surface area contributed by atoms with Crippen LogP contribution in [-0.2, 0) is 13.1 Å². The minimum absolute atomic E-state index is 0.431. The molecule has 0 bridgehead atoms. The average Bonchev–Trinajstić information content (AvgIpc) is 2.82. The van der Waals surface area contributed by atoms with E-state index in [0.717, 1.165) is 16.7 Å². The fourth-order valence-electron chi connectivity index (χ4n) is 3.61. The predicted octanol–water partition coefficient (Wildman–Crippen LogP) is 7.07. The Morgan fingerprint density at radius 1 is 0.750 bits per heavy atom. The number of carbonyl (C=O) groups is 1. The van der Waals surface area contributed by atoms with Gasteiger partial charge in [-0.15, -0.1) is 0 Å². The highest BCUT2D eigenvalue weighted by Crippen LogP contribution is 2.35. The Hall–Kier alpha value is -3.56. The van der Waals surface area contributed by atoms with E-state index < -0.39 is 5.97 Å². The number of esters is 1. The van der Waals surface area contributed by atoms with Gasteiger partial charge in [-0.2, -0.15) is 0 Å². The van der Waals surface area contributed by atoms with Crippen LogP contribution in [0.15, 0.2) is 103 Å². The maximum atomic E-state index is 13.2. The molecule has 3 nitrogen and oxygen atoms in total. The first-order valence-electron chi connectivity index (χ1n) is 10.5. The van der Waals surface area contributed by atoms with E-state index in [1.54, 1.807) is 18.2 Å². The summed E-state index contributed by atoms with van der Waals surface area (Å²) in [5.41, 5.74) is 4.28. The van der Waals surface area contributed by atoms with Gasteiger partial charge in [0.1, 0.15) is 5.75 Å². The van der Waals surface area contributed by atoms with E-state index in [-0.39, 0.29) is 0 Å². The van der Waals surface area contributed by atoms with Gasteiger partial charge in [0.2, 0.25) is 0 Å². The van der Waals surface area contributed by atoms with Crippen molar-refractivity contribution in [2.75, 3.05) is 4.90 Å². The highest BCUT2D eigenvalue weighted by Gasteiger charge is 2.23. The van der Waals surface area contributed by atoms with Gasteiger partial charge in [0.15, 0.2) is 0 Å². The Kier molecular flexibility index (Phi) is 6.88. The Morgan fingerprint density at radius 2 is 1.25 bits per heavy atom. The Morgan fingerprint density at radius 3 is 1.78 bits per heavy atom. The molecule has 0 aliphatic rings. The molecular formula is C28H24ClNO2. The van der Waals surface area contributed by atoms with Crippen molar-refractivity contribution in [3.63, 3.8) is 0 Å². The van der Waals surface area contributed by atoms with Crippen molar-refractivity contribution in [2.45, 2.75) is 20.0 Å². The van der Waals surface area contributed by atoms with E-state index in [4.69, 9.17) is 16.3 Å². The summed E-state index contributed by atoms with van der Waals surface area (Å²) in [6.07, 6.45) is 0. The highest BCUT2D eigenvalue weighted by atomic mass is 35.5. The number of rotatable bonds is 7. The molecule has 0 aliphatic carbocycles. The molecule has 0 N–H and O–H groups in total. The van der Waals surface area contributed by atoms with E-state index in [0.29, 0.717) is 35.1 Å². The minimum atomic E-state index is -0.431. The van der Waals surface area contributed by atoms with E-state index in [1.807, 2.05) is 67.6 Å². The van der Waals surface area contributed by atoms with Gasteiger partial charge in [0.05, 0.1) is 16.3 Å². The Balaban J connectivity index is 1.76. The molecule has 0 fully saturated rings. The van der Waals surface area contributed by atoms with Gasteiger partial charge in [0, 0.05) is 13.1 Å². The van der Waals surface area contributed by atoms with Crippen LogP contribution < -0.4 is 9.64 Å². The smallest absolute Gasteiger partial charge is 0.345 e.